The largest absolute Gasteiger partial charge is 0.310 e. The summed E-state index contributed by atoms with van der Waals surface area (Å²) >= 11 is 0. The van der Waals surface area contributed by atoms with Crippen molar-refractivity contribution >= 4 is 0 Å². The molecule has 2 rings (SSSR count). The standard InChI is InChI=1S/C15H22FN/c1-10(2)6-15-11(3)7-12-4-5-14(16)8-13(12)9-17-15/h4-5,8,10-11,15,17H,6-7,9H2,1-3H3. The Hall–Kier alpha value is -0.890. The highest BCUT2D eigenvalue weighted by atomic mass is 19.1. The average Bonchev–Trinajstić information content (AvgIpc) is 2.39. The molecule has 2 atom stereocenters. The highest BCUT2D eigenvalue weighted by Crippen LogP contribution is 2.24. The van der Waals surface area contributed by atoms with Crippen LogP contribution < -0.4 is 5.32 Å². The molecule has 0 amide bonds. The van der Waals surface area contributed by atoms with Gasteiger partial charge in [0, 0.05) is 12.6 Å². The van der Waals surface area contributed by atoms with Crippen LogP contribution in [0.1, 0.15) is 38.3 Å². The van der Waals surface area contributed by atoms with Gasteiger partial charge in [-0.3, -0.25) is 0 Å². The van der Waals surface area contributed by atoms with Crippen LogP contribution >= 0.6 is 0 Å². The van der Waals surface area contributed by atoms with Crippen molar-refractivity contribution in [3.8, 4) is 0 Å². The van der Waals surface area contributed by atoms with Crippen molar-refractivity contribution in [1.82, 2.24) is 5.32 Å². The molecule has 0 radical (unpaired) electrons. The second-order valence-electron chi connectivity index (χ2n) is 5.71. The second kappa shape index (κ2) is 5.18. The van der Waals surface area contributed by atoms with Crippen molar-refractivity contribution in [1.29, 1.82) is 0 Å². The molecule has 1 aliphatic heterocycles. The molecule has 1 N–H and O–H groups in total. The fraction of sp³-hybridized carbons (Fsp3) is 0.600. The Morgan fingerprint density at radius 1 is 1.35 bits per heavy atom. The van der Waals surface area contributed by atoms with Crippen LogP contribution in [0, 0.1) is 17.7 Å². The summed E-state index contributed by atoms with van der Waals surface area (Å²) in [5.41, 5.74) is 2.43. The lowest BCUT2D eigenvalue weighted by Gasteiger charge is -2.24. The Morgan fingerprint density at radius 3 is 2.82 bits per heavy atom. The van der Waals surface area contributed by atoms with Gasteiger partial charge in [-0.1, -0.05) is 26.8 Å². The first-order valence-corrected chi connectivity index (χ1v) is 6.57. The van der Waals surface area contributed by atoms with E-state index in [-0.39, 0.29) is 5.82 Å². The summed E-state index contributed by atoms with van der Waals surface area (Å²) in [5, 5.41) is 3.58. The van der Waals surface area contributed by atoms with E-state index in [0.29, 0.717) is 17.9 Å². The number of rotatable bonds is 2. The van der Waals surface area contributed by atoms with E-state index < -0.39 is 0 Å². The molecule has 1 aliphatic rings. The molecule has 0 saturated carbocycles. The van der Waals surface area contributed by atoms with Gasteiger partial charge in [-0.05, 0) is 47.9 Å². The summed E-state index contributed by atoms with van der Waals surface area (Å²) in [6.07, 6.45) is 2.25. The van der Waals surface area contributed by atoms with Gasteiger partial charge in [0.1, 0.15) is 5.82 Å². The Labute approximate surface area is 103 Å². The quantitative estimate of drug-likeness (QED) is 0.827. The number of nitrogens with one attached hydrogen (secondary N) is 1. The van der Waals surface area contributed by atoms with E-state index in [2.05, 4.69) is 26.1 Å². The molecule has 94 valence electrons. The van der Waals surface area contributed by atoms with E-state index in [1.165, 1.54) is 12.0 Å². The monoisotopic (exact) mass is 235 g/mol. The molecule has 17 heavy (non-hydrogen) atoms. The molecular weight excluding hydrogens is 213 g/mol. The van der Waals surface area contributed by atoms with Gasteiger partial charge in [0.15, 0.2) is 0 Å². The van der Waals surface area contributed by atoms with Gasteiger partial charge in [-0.2, -0.15) is 0 Å². The first kappa shape index (κ1) is 12.6. The lowest BCUT2D eigenvalue weighted by atomic mass is 9.89. The van der Waals surface area contributed by atoms with Crippen molar-refractivity contribution in [2.45, 2.75) is 46.2 Å². The molecule has 0 aliphatic carbocycles. The topological polar surface area (TPSA) is 12.0 Å². The molecule has 1 heterocycles. The average molecular weight is 235 g/mol. The third kappa shape index (κ3) is 3.06. The molecule has 2 unspecified atom stereocenters. The van der Waals surface area contributed by atoms with Gasteiger partial charge < -0.3 is 5.32 Å². The molecule has 0 saturated heterocycles. The summed E-state index contributed by atoms with van der Waals surface area (Å²) in [6.45, 7) is 7.60. The lowest BCUT2D eigenvalue weighted by molar-refractivity contribution is 0.328. The Morgan fingerprint density at radius 2 is 2.12 bits per heavy atom. The van der Waals surface area contributed by atoms with Crippen LogP contribution in [0.4, 0.5) is 4.39 Å². The summed E-state index contributed by atoms with van der Waals surface area (Å²) in [7, 11) is 0. The van der Waals surface area contributed by atoms with Crippen LogP contribution in [0.2, 0.25) is 0 Å². The number of halogens is 1. The maximum absolute atomic E-state index is 13.2. The highest BCUT2D eigenvalue weighted by molar-refractivity contribution is 5.29. The van der Waals surface area contributed by atoms with Crippen LogP contribution in [0.3, 0.4) is 0 Å². The minimum absolute atomic E-state index is 0.125. The zero-order chi connectivity index (χ0) is 12.4. The molecule has 0 fully saturated rings. The predicted molar refractivity (Wildman–Crippen MR) is 69.4 cm³/mol. The first-order valence-electron chi connectivity index (χ1n) is 6.57. The van der Waals surface area contributed by atoms with Gasteiger partial charge in [0.05, 0.1) is 0 Å². The normalized spacial score (nSPS) is 24.5. The molecule has 1 nitrogen and oxygen atoms in total. The SMILES string of the molecule is CC(C)CC1NCc2cc(F)ccc2CC1C. The van der Waals surface area contributed by atoms with E-state index in [1.54, 1.807) is 12.1 Å². The van der Waals surface area contributed by atoms with Crippen molar-refractivity contribution < 1.29 is 4.39 Å². The predicted octanol–water partition coefficient (Wildman–Crippen LogP) is 3.52. The minimum atomic E-state index is -0.125. The minimum Gasteiger partial charge on any atom is -0.310 e. The maximum atomic E-state index is 13.2. The molecule has 0 bridgehead atoms. The van der Waals surface area contributed by atoms with Crippen LogP contribution in [0.5, 0.6) is 0 Å². The fourth-order valence-electron chi connectivity index (χ4n) is 2.71. The summed E-state index contributed by atoms with van der Waals surface area (Å²) in [4.78, 5) is 0. The van der Waals surface area contributed by atoms with Crippen LogP contribution in [-0.2, 0) is 13.0 Å². The van der Waals surface area contributed by atoms with Crippen LogP contribution in [0.25, 0.3) is 0 Å². The highest BCUT2D eigenvalue weighted by Gasteiger charge is 2.23. The molecule has 2 heteroatoms. The molecule has 1 aromatic rings. The van der Waals surface area contributed by atoms with Gasteiger partial charge in [-0.15, -0.1) is 0 Å². The van der Waals surface area contributed by atoms with E-state index in [1.807, 2.05) is 6.07 Å². The van der Waals surface area contributed by atoms with Gasteiger partial charge in [0.2, 0.25) is 0 Å². The summed E-state index contributed by atoms with van der Waals surface area (Å²) in [5.74, 6) is 1.19. The van der Waals surface area contributed by atoms with Crippen LogP contribution in [-0.4, -0.2) is 6.04 Å². The zero-order valence-corrected chi connectivity index (χ0v) is 11.0. The number of hydrogen-bond donors (Lipinski definition) is 1. The third-order valence-corrected chi connectivity index (χ3v) is 3.68. The smallest absolute Gasteiger partial charge is 0.123 e. The first-order chi connectivity index (χ1) is 8.06. The molecule has 0 spiro atoms. The third-order valence-electron chi connectivity index (χ3n) is 3.68. The molecular formula is C15H22FN. The van der Waals surface area contributed by atoms with Crippen molar-refractivity contribution in [2.75, 3.05) is 0 Å². The maximum Gasteiger partial charge on any atom is 0.123 e. The summed E-state index contributed by atoms with van der Waals surface area (Å²) < 4.78 is 13.2. The lowest BCUT2D eigenvalue weighted by Crippen LogP contribution is -2.34. The van der Waals surface area contributed by atoms with Gasteiger partial charge in [0.25, 0.3) is 0 Å². The van der Waals surface area contributed by atoms with Crippen molar-refractivity contribution in [2.24, 2.45) is 11.8 Å². The van der Waals surface area contributed by atoms with Gasteiger partial charge in [-0.25, -0.2) is 4.39 Å². The fourth-order valence-corrected chi connectivity index (χ4v) is 2.71. The molecule has 1 aromatic carbocycles. The zero-order valence-electron chi connectivity index (χ0n) is 11.0. The van der Waals surface area contributed by atoms with E-state index in [9.17, 15) is 4.39 Å². The molecule has 0 aromatic heterocycles. The number of hydrogen-bond acceptors (Lipinski definition) is 1. The Balaban J connectivity index is 2.16. The van der Waals surface area contributed by atoms with Crippen LogP contribution in [0.15, 0.2) is 18.2 Å². The van der Waals surface area contributed by atoms with E-state index in [0.717, 1.165) is 18.5 Å². The summed E-state index contributed by atoms with van der Waals surface area (Å²) in [6, 6.07) is 5.74. The Kier molecular flexibility index (Phi) is 3.82. The van der Waals surface area contributed by atoms with E-state index in [4.69, 9.17) is 0 Å². The number of benzene rings is 1. The second-order valence-corrected chi connectivity index (χ2v) is 5.71. The van der Waals surface area contributed by atoms with Crippen molar-refractivity contribution in [3.05, 3.63) is 35.1 Å². The Bertz CT molecular complexity index is 387. The van der Waals surface area contributed by atoms with E-state index >= 15 is 0 Å². The number of fused-ring (bicyclic) bond motifs is 1. The van der Waals surface area contributed by atoms with Gasteiger partial charge >= 0.3 is 0 Å². The van der Waals surface area contributed by atoms with Crippen molar-refractivity contribution in [3.63, 3.8) is 0 Å².